The van der Waals surface area contributed by atoms with Crippen molar-refractivity contribution in [1.82, 2.24) is 5.32 Å². The van der Waals surface area contributed by atoms with Crippen LogP contribution in [-0.4, -0.2) is 13.2 Å². The van der Waals surface area contributed by atoms with Crippen LogP contribution in [0.25, 0.3) is 0 Å². The second-order valence-corrected chi connectivity index (χ2v) is 6.25. The Kier molecular flexibility index (Phi) is 5.47. The van der Waals surface area contributed by atoms with Crippen LogP contribution in [0.15, 0.2) is 24.3 Å². The maximum absolute atomic E-state index is 5.67. The third-order valence-corrected chi connectivity index (χ3v) is 4.54. The van der Waals surface area contributed by atoms with E-state index in [4.69, 9.17) is 4.74 Å². The van der Waals surface area contributed by atoms with Gasteiger partial charge in [0.25, 0.3) is 0 Å². The average Bonchev–Trinajstić information content (AvgIpc) is 2.88. The second-order valence-electron chi connectivity index (χ2n) is 6.25. The molecule has 1 N–H and O–H groups in total. The van der Waals surface area contributed by atoms with Gasteiger partial charge in [0.2, 0.25) is 0 Å². The molecule has 0 amide bonds. The minimum absolute atomic E-state index is 0.389. The van der Waals surface area contributed by atoms with Gasteiger partial charge in [-0.2, -0.15) is 0 Å². The fourth-order valence-corrected chi connectivity index (χ4v) is 3.48. The van der Waals surface area contributed by atoms with E-state index in [1.807, 2.05) is 6.92 Å². The summed E-state index contributed by atoms with van der Waals surface area (Å²) in [5.41, 5.74) is 1.77. The maximum atomic E-state index is 5.67. The van der Waals surface area contributed by atoms with Crippen molar-refractivity contribution in [2.75, 3.05) is 13.2 Å². The molecule has 1 atom stereocenters. The smallest absolute Gasteiger partial charge is 0.119 e. The monoisotopic (exact) mass is 275 g/mol. The van der Waals surface area contributed by atoms with Gasteiger partial charge < -0.3 is 10.1 Å². The number of hydrogen-bond donors (Lipinski definition) is 1. The van der Waals surface area contributed by atoms with Gasteiger partial charge in [0.1, 0.15) is 5.75 Å². The molecule has 0 bridgehead atoms. The molecule has 0 spiro atoms. The average molecular weight is 275 g/mol. The molecule has 1 unspecified atom stereocenters. The Morgan fingerprint density at radius 1 is 1.25 bits per heavy atom. The highest BCUT2D eigenvalue weighted by molar-refractivity contribution is 5.32. The van der Waals surface area contributed by atoms with E-state index in [0.717, 1.165) is 18.9 Å². The molecule has 0 aliphatic heterocycles. The molecule has 1 aliphatic carbocycles. The van der Waals surface area contributed by atoms with Crippen LogP contribution in [0, 0.1) is 5.41 Å². The highest BCUT2D eigenvalue weighted by Gasteiger charge is 2.37. The largest absolute Gasteiger partial charge is 0.494 e. The molecule has 1 aliphatic rings. The molecular weight excluding hydrogens is 246 g/mol. The first-order chi connectivity index (χ1) is 9.69. The molecule has 1 aromatic carbocycles. The van der Waals surface area contributed by atoms with E-state index in [1.165, 1.54) is 37.7 Å². The standard InChI is InChI=1S/C18H29NO/c1-4-13-19-17(18(3)11-6-7-12-18)15-9-8-10-16(14-15)20-5-2/h8-10,14,17,19H,4-7,11-13H2,1-3H3. The van der Waals surface area contributed by atoms with Gasteiger partial charge in [-0.05, 0) is 55.8 Å². The van der Waals surface area contributed by atoms with Crippen LogP contribution in [0.3, 0.4) is 0 Å². The number of hydrogen-bond acceptors (Lipinski definition) is 2. The summed E-state index contributed by atoms with van der Waals surface area (Å²) in [5, 5.41) is 3.78. The summed E-state index contributed by atoms with van der Waals surface area (Å²) in [4.78, 5) is 0. The van der Waals surface area contributed by atoms with Crippen LogP contribution in [0.5, 0.6) is 5.75 Å². The van der Waals surface area contributed by atoms with E-state index in [9.17, 15) is 0 Å². The van der Waals surface area contributed by atoms with E-state index in [1.54, 1.807) is 0 Å². The van der Waals surface area contributed by atoms with Crippen LogP contribution in [-0.2, 0) is 0 Å². The van der Waals surface area contributed by atoms with Crippen molar-refractivity contribution in [2.24, 2.45) is 5.41 Å². The van der Waals surface area contributed by atoms with Crippen LogP contribution < -0.4 is 10.1 Å². The molecule has 0 heterocycles. The van der Waals surface area contributed by atoms with Gasteiger partial charge >= 0.3 is 0 Å². The normalized spacial score (nSPS) is 18.9. The SMILES string of the molecule is CCCNC(c1cccc(OCC)c1)C1(C)CCCC1. The minimum atomic E-state index is 0.389. The molecule has 1 fully saturated rings. The highest BCUT2D eigenvalue weighted by Crippen LogP contribution is 2.47. The number of nitrogens with one attached hydrogen (secondary N) is 1. The number of ether oxygens (including phenoxy) is 1. The van der Waals surface area contributed by atoms with Gasteiger partial charge in [-0.25, -0.2) is 0 Å². The molecule has 112 valence electrons. The van der Waals surface area contributed by atoms with Crippen LogP contribution in [0.2, 0.25) is 0 Å². The van der Waals surface area contributed by atoms with E-state index < -0.39 is 0 Å². The zero-order valence-corrected chi connectivity index (χ0v) is 13.2. The van der Waals surface area contributed by atoms with Gasteiger partial charge in [0, 0.05) is 6.04 Å². The van der Waals surface area contributed by atoms with Gasteiger partial charge in [0.05, 0.1) is 6.61 Å². The molecule has 2 nitrogen and oxygen atoms in total. The first-order valence-electron chi connectivity index (χ1n) is 8.16. The van der Waals surface area contributed by atoms with Gasteiger partial charge in [0.15, 0.2) is 0 Å². The van der Waals surface area contributed by atoms with E-state index in [-0.39, 0.29) is 0 Å². The predicted molar refractivity (Wildman–Crippen MR) is 85.2 cm³/mol. The molecule has 2 rings (SSSR count). The predicted octanol–water partition coefficient (Wildman–Crippen LogP) is 4.71. The zero-order chi connectivity index (χ0) is 14.4. The first-order valence-corrected chi connectivity index (χ1v) is 8.16. The Balaban J connectivity index is 2.23. The summed E-state index contributed by atoms with van der Waals surface area (Å²) in [5.74, 6) is 0.995. The number of benzene rings is 1. The van der Waals surface area contributed by atoms with Gasteiger partial charge in [-0.1, -0.05) is 38.8 Å². The molecular formula is C18H29NO. The van der Waals surface area contributed by atoms with E-state index >= 15 is 0 Å². The molecule has 0 saturated heterocycles. The lowest BCUT2D eigenvalue weighted by Crippen LogP contribution is -2.35. The summed E-state index contributed by atoms with van der Waals surface area (Å²) in [6, 6.07) is 9.10. The molecule has 0 aromatic heterocycles. The van der Waals surface area contributed by atoms with Crippen molar-refractivity contribution in [3.8, 4) is 5.75 Å². The topological polar surface area (TPSA) is 21.3 Å². The Hall–Kier alpha value is -1.02. The Labute approximate surface area is 123 Å². The second kappa shape index (κ2) is 7.12. The molecule has 0 radical (unpaired) electrons. The lowest BCUT2D eigenvalue weighted by atomic mass is 9.77. The van der Waals surface area contributed by atoms with Crippen LogP contribution in [0.1, 0.15) is 64.5 Å². The van der Waals surface area contributed by atoms with Crippen molar-refractivity contribution in [2.45, 2.75) is 58.9 Å². The fourth-order valence-electron chi connectivity index (χ4n) is 3.48. The lowest BCUT2D eigenvalue weighted by Gasteiger charge is -2.35. The quantitative estimate of drug-likeness (QED) is 0.778. The van der Waals surface area contributed by atoms with Crippen molar-refractivity contribution in [3.63, 3.8) is 0 Å². The fraction of sp³-hybridized carbons (Fsp3) is 0.667. The minimum Gasteiger partial charge on any atom is -0.494 e. The molecule has 20 heavy (non-hydrogen) atoms. The maximum Gasteiger partial charge on any atom is 0.119 e. The summed E-state index contributed by atoms with van der Waals surface area (Å²) in [6.45, 7) is 8.53. The van der Waals surface area contributed by atoms with E-state index in [0.29, 0.717) is 11.5 Å². The van der Waals surface area contributed by atoms with Crippen molar-refractivity contribution < 1.29 is 4.74 Å². The first kappa shape index (κ1) is 15.4. The Morgan fingerprint density at radius 3 is 2.65 bits per heavy atom. The molecule has 2 heteroatoms. The van der Waals surface area contributed by atoms with Gasteiger partial charge in [-0.3, -0.25) is 0 Å². The van der Waals surface area contributed by atoms with Crippen molar-refractivity contribution in [1.29, 1.82) is 0 Å². The van der Waals surface area contributed by atoms with Crippen LogP contribution in [0.4, 0.5) is 0 Å². The highest BCUT2D eigenvalue weighted by atomic mass is 16.5. The third-order valence-electron chi connectivity index (χ3n) is 4.54. The van der Waals surface area contributed by atoms with Crippen molar-refractivity contribution >= 4 is 0 Å². The Bertz CT molecular complexity index is 410. The number of rotatable bonds is 7. The van der Waals surface area contributed by atoms with Gasteiger partial charge in [-0.15, -0.1) is 0 Å². The molecule has 1 aromatic rings. The summed E-state index contributed by atoms with van der Waals surface area (Å²) in [6.07, 6.45) is 6.57. The summed E-state index contributed by atoms with van der Waals surface area (Å²) in [7, 11) is 0. The Morgan fingerprint density at radius 2 is 2.00 bits per heavy atom. The van der Waals surface area contributed by atoms with E-state index in [2.05, 4.69) is 43.4 Å². The summed E-state index contributed by atoms with van der Waals surface area (Å²) < 4.78 is 5.67. The van der Waals surface area contributed by atoms with Crippen LogP contribution >= 0.6 is 0 Å². The lowest BCUT2D eigenvalue weighted by molar-refractivity contribution is 0.223. The van der Waals surface area contributed by atoms with Crippen molar-refractivity contribution in [3.05, 3.63) is 29.8 Å². The summed E-state index contributed by atoms with van der Waals surface area (Å²) >= 11 is 0. The molecule has 1 saturated carbocycles. The third kappa shape index (κ3) is 3.54. The zero-order valence-electron chi connectivity index (χ0n) is 13.2.